The minimum absolute atomic E-state index is 0.0604. The van der Waals surface area contributed by atoms with Gasteiger partial charge in [-0.15, -0.1) is 0 Å². The predicted molar refractivity (Wildman–Crippen MR) is 106 cm³/mol. The summed E-state index contributed by atoms with van der Waals surface area (Å²) >= 11 is 6.11. The number of nitrogens with zero attached hydrogens (tertiary/aromatic N) is 2. The van der Waals surface area contributed by atoms with Crippen LogP contribution in [0.5, 0.6) is 5.75 Å². The van der Waals surface area contributed by atoms with Crippen LogP contribution in [0.15, 0.2) is 67.4 Å². The van der Waals surface area contributed by atoms with Crippen LogP contribution < -0.4 is 10.1 Å². The number of para-hydroxylation sites is 1. The first-order chi connectivity index (χ1) is 13.2. The van der Waals surface area contributed by atoms with Gasteiger partial charge in [0.25, 0.3) is 0 Å². The normalized spacial score (nSPS) is 15.7. The number of amides is 1. The molecule has 1 aliphatic rings. The first kappa shape index (κ1) is 17.4. The Hall–Kier alpha value is -3.05. The molecule has 1 aliphatic heterocycles. The molecule has 0 spiro atoms. The molecule has 5 nitrogen and oxygen atoms in total. The van der Waals surface area contributed by atoms with Gasteiger partial charge in [0.2, 0.25) is 5.91 Å². The molecule has 1 amide bonds. The van der Waals surface area contributed by atoms with Gasteiger partial charge in [-0.05, 0) is 24.3 Å². The number of nitrogens with one attached hydrogen (secondary N) is 1. The van der Waals surface area contributed by atoms with E-state index in [1.807, 2.05) is 42.5 Å². The van der Waals surface area contributed by atoms with Crippen molar-refractivity contribution in [1.29, 1.82) is 0 Å². The molecule has 4 rings (SSSR count). The van der Waals surface area contributed by atoms with Crippen LogP contribution in [0.25, 0.3) is 5.69 Å². The van der Waals surface area contributed by atoms with Gasteiger partial charge in [0.05, 0.1) is 11.9 Å². The lowest BCUT2D eigenvalue weighted by Gasteiger charge is -2.25. The standard InChI is InChI=1S/C21H18ClN3O2/c1-2-10-27-19-9-4-3-8-16(19)17-12-20(26)24-21-18(17)13-23-25(21)15-7-5-6-14(22)11-15/h2-9,11,13,17H,1,10,12H2,(H,24,26)/t17-/m1/s1. The second-order valence-electron chi connectivity index (χ2n) is 6.28. The van der Waals surface area contributed by atoms with E-state index in [0.29, 0.717) is 23.9 Å². The van der Waals surface area contributed by atoms with Crippen molar-refractivity contribution in [3.63, 3.8) is 0 Å². The van der Waals surface area contributed by atoms with E-state index in [1.165, 1.54) is 0 Å². The van der Waals surface area contributed by atoms with E-state index in [-0.39, 0.29) is 11.8 Å². The number of hydrogen-bond donors (Lipinski definition) is 1. The molecule has 1 atom stereocenters. The van der Waals surface area contributed by atoms with E-state index < -0.39 is 0 Å². The van der Waals surface area contributed by atoms with Crippen molar-refractivity contribution in [2.45, 2.75) is 12.3 Å². The Morgan fingerprint density at radius 2 is 2.11 bits per heavy atom. The number of anilines is 1. The third kappa shape index (κ3) is 3.34. The smallest absolute Gasteiger partial charge is 0.226 e. The number of aromatic nitrogens is 2. The highest BCUT2D eigenvalue weighted by Crippen LogP contribution is 2.41. The molecule has 2 heterocycles. The zero-order chi connectivity index (χ0) is 18.8. The second kappa shape index (κ2) is 7.29. The van der Waals surface area contributed by atoms with E-state index in [0.717, 1.165) is 22.6 Å². The lowest BCUT2D eigenvalue weighted by molar-refractivity contribution is -0.116. The largest absolute Gasteiger partial charge is 0.489 e. The molecular weight excluding hydrogens is 362 g/mol. The van der Waals surface area contributed by atoms with Crippen LogP contribution >= 0.6 is 11.6 Å². The summed E-state index contributed by atoms with van der Waals surface area (Å²) in [5.41, 5.74) is 2.70. The number of benzene rings is 2. The second-order valence-corrected chi connectivity index (χ2v) is 6.72. The van der Waals surface area contributed by atoms with Gasteiger partial charge in [-0.25, -0.2) is 4.68 Å². The van der Waals surface area contributed by atoms with Gasteiger partial charge in [-0.2, -0.15) is 5.10 Å². The predicted octanol–water partition coefficient (Wildman–Crippen LogP) is 4.56. The summed E-state index contributed by atoms with van der Waals surface area (Å²) in [4.78, 5) is 12.4. The third-order valence-corrected chi connectivity index (χ3v) is 4.76. The summed E-state index contributed by atoms with van der Waals surface area (Å²) in [6.07, 6.45) is 3.83. The van der Waals surface area contributed by atoms with Crippen molar-refractivity contribution >= 4 is 23.3 Å². The van der Waals surface area contributed by atoms with E-state index >= 15 is 0 Å². The van der Waals surface area contributed by atoms with Gasteiger partial charge in [0, 0.05) is 28.5 Å². The third-order valence-electron chi connectivity index (χ3n) is 4.52. The average Bonchev–Trinajstić information content (AvgIpc) is 3.09. The summed E-state index contributed by atoms with van der Waals surface area (Å²) in [5.74, 6) is 1.22. The molecule has 0 aliphatic carbocycles. The molecule has 136 valence electrons. The molecule has 6 heteroatoms. The maximum absolute atomic E-state index is 12.4. The number of carbonyl (C=O) groups excluding carboxylic acids is 1. The van der Waals surface area contributed by atoms with Gasteiger partial charge < -0.3 is 10.1 Å². The van der Waals surface area contributed by atoms with Gasteiger partial charge in [-0.3, -0.25) is 4.79 Å². The van der Waals surface area contributed by atoms with Crippen LogP contribution in [0.2, 0.25) is 5.02 Å². The van der Waals surface area contributed by atoms with Crippen molar-refractivity contribution < 1.29 is 9.53 Å². The summed E-state index contributed by atoms with van der Waals surface area (Å²) in [7, 11) is 0. The van der Waals surface area contributed by atoms with Crippen molar-refractivity contribution in [3.8, 4) is 11.4 Å². The molecule has 0 fully saturated rings. The fourth-order valence-corrected chi connectivity index (χ4v) is 3.53. The van der Waals surface area contributed by atoms with Crippen LogP contribution in [0.1, 0.15) is 23.5 Å². The fourth-order valence-electron chi connectivity index (χ4n) is 3.35. The summed E-state index contributed by atoms with van der Waals surface area (Å²) in [6.45, 7) is 4.10. The van der Waals surface area contributed by atoms with Gasteiger partial charge in [-0.1, -0.05) is 48.5 Å². The van der Waals surface area contributed by atoms with Crippen LogP contribution in [-0.4, -0.2) is 22.3 Å². The SMILES string of the molecule is C=CCOc1ccccc1[C@H]1CC(=O)Nc2c1cnn2-c1cccc(Cl)c1. The van der Waals surface area contributed by atoms with E-state index in [4.69, 9.17) is 16.3 Å². The highest BCUT2D eigenvalue weighted by molar-refractivity contribution is 6.30. The van der Waals surface area contributed by atoms with Crippen molar-refractivity contribution in [1.82, 2.24) is 9.78 Å². The van der Waals surface area contributed by atoms with Crippen LogP contribution in [-0.2, 0) is 4.79 Å². The Bertz CT molecular complexity index is 1010. The lowest BCUT2D eigenvalue weighted by atomic mass is 9.87. The Balaban J connectivity index is 1.79. The molecule has 1 N–H and O–H groups in total. The number of hydrogen-bond acceptors (Lipinski definition) is 3. The zero-order valence-corrected chi connectivity index (χ0v) is 15.3. The molecule has 0 saturated heterocycles. The van der Waals surface area contributed by atoms with Crippen LogP contribution in [0.4, 0.5) is 5.82 Å². The highest BCUT2D eigenvalue weighted by atomic mass is 35.5. The Morgan fingerprint density at radius 3 is 2.93 bits per heavy atom. The molecule has 3 aromatic rings. The zero-order valence-electron chi connectivity index (χ0n) is 14.6. The molecule has 0 saturated carbocycles. The minimum Gasteiger partial charge on any atom is -0.489 e. The fraction of sp³-hybridized carbons (Fsp3) is 0.143. The molecule has 0 bridgehead atoms. The van der Waals surface area contributed by atoms with E-state index in [2.05, 4.69) is 17.0 Å². The van der Waals surface area contributed by atoms with E-state index in [1.54, 1.807) is 23.0 Å². The van der Waals surface area contributed by atoms with Crippen LogP contribution in [0, 0.1) is 0 Å². The first-order valence-corrected chi connectivity index (χ1v) is 9.01. The summed E-state index contributed by atoms with van der Waals surface area (Å²) in [6, 6.07) is 15.1. The Kier molecular flexibility index (Phi) is 4.69. The lowest BCUT2D eigenvalue weighted by Crippen LogP contribution is -2.25. The minimum atomic E-state index is -0.136. The van der Waals surface area contributed by atoms with E-state index in [9.17, 15) is 4.79 Å². The first-order valence-electron chi connectivity index (χ1n) is 8.63. The molecule has 2 aromatic carbocycles. The molecule has 1 aromatic heterocycles. The number of fused-ring (bicyclic) bond motifs is 1. The van der Waals surface area contributed by atoms with Gasteiger partial charge in [0.15, 0.2) is 0 Å². The summed E-state index contributed by atoms with van der Waals surface area (Å²) in [5, 5.41) is 8.06. The summed E-state index contributed by atoms with van der Waals surface area (Å²) < 4.78 is 7.51. The van der Waals surface area contributed by atoms with Gasteiger partial charge >= 0.3 is 0 Å². The van der Waals surface area contributed by atoms with Crippen molar-refractivity contribution in [2.75, 3.05) is 11.9 Å². The quantitative estimate of drug-likeness (QED) is 0.661. The van der Waals surface area contributed by atoms with Gasteiger partial charge in [0.1, 0.15) is 18.2 Å². The number of carbonyl (C=O) groups is 1. The van der Waals surface area contributed by atoms with Crippen molar-refractivity contribution in [2.24, 2.45) is 0 Å². The Morgan fingerprint density at radius 1 is 1.26 bits per heavy atom. The highest BCUT2D eigenvalue weighted by Gasteiger charge is 2.32. The van der Waals surface area contributed by atoms with Crippen LogP contribution in [0.3, 0.4) is 0 Å². The monoisotopic (exact) mass is 379 g/mol. The number of halogens is 1. The Labute approximate surface area is 162 Å². The van der Waals surface area contributed by atoms with Crippen molar-refractivity contribution in [3.05, 3.63) is 83.5 Å². The number of ether oxygens (including phenoxy) is 1. The molecule has 0 unspecified atom stereocenters. The molecule has 0 radical (unpaired) electrons. The topological polar surface area (TPSA) is 56.1 Å². The maximum Gasteiger partial charge on any atom is 0.226 e. The average molecular weight is 380 g/mol. The molecular formula is C21H18ClN3O2. The maximum atomic E-state index is 12.4. The molecule has 27 heavy (non-hydrogen) atoms. The number of rotatable bonds is 5.